The Morgan fingerprint density at radius 3 is 2.72 bits per heavy atom. The van der Waals surface area contributed by atoms with Crippen molar-refractivity contribution in [1.82, 2.24) is 9.59 Å². The maximum absolute atomic E-state index is 10.8. The quantitative estimate of drug-likeness (QED) is 0.374. The number of ether oxygens (including phenoxy) is 1. The summed E-state index contributed by atoms with van der Waals surface area (Å²) < 4.78 is 10.5. The molecule has 5 nitrogen and oxygen atoms in total. The van der Waals surface area contributed by atoms with Gasteiger partial charge in [-0.25, -0.2) is 4.74 Å². The van der Waals surface area contributed by atoms with E-state index in [-0.39, 0.29) is 6.61 Å². The summed E-state index contributed by atoms with van der Waals surface area (Å²) in [4.78, 5) is 0. The van der Waals surface area contributed by atoms with Gasteiger partial charge in [0.15, 0.2) is 6.21 Å². The second-order valence-electron chi connectivity index (χ2n) is 3.53. The molecular weight excluding hydrogens is 274 g/mol. The molecule has 7 heteroatoms. The van der Waals surface area contributed by atoms with E-state index in [1.54, 1.807) is 24.3 Å². The van der Waals surface area contributed by atoms with E-state index >= 15 is 0 Å². The van der Waals surface area contributed by atoms with Crippen molar-refractivity contribution >= 4 is 29.3 Å². The Hall–Kier alpha value is -1.66. The van der Waals surface area contributed by atoms with Crippen molar-refractivity contribution < 1.29 is 9.48 Å². The van der Waals surface area contributed by atoms with Gasteiger partial charge in [0.1, 0.15) is 29.4 Å². The molecule has 94 valence electrons. The third-order valence-electron chi connectivity index (χ3n) is 2.10. The Morgan fingerprint density at radius 2 is 2.17 bits per heavy atom. The zero-order valence-electron chi connectivity index (χ0n) is 9.54. The highest BCUT2D eigenvalue weighted by Crippen LogP contribution is 2.19. The minimum absolute atomic E-state index is 0.278. The number of nitrogens with zero attached hydrogens (tertiary/aromatic N) is 3. The smallest absolute Gasteiger partial charge is 0.181 e. The fourth-order valence-corrected chi connectivity index (χ4v) is 1.90. The van der Waals surface area contributed by atoms with Gasteiger partial charge in [-0.2, -0.15) is 0 Å². The molecule has 1 aromatic heterocycles. The lowest BCUT2D eigenvalue weighted by atomic mass is 10.2. The molecule has 1 aromatic carbocycles. The van der Waals surface area contributed by atoms with Crippen LogP contribution in [-0.2, 0) is 6.61 Å². The lowest BCUT2D eigenvalue weighted by Gasteiger charge is -2.04. The molecule has 0 saturated carbocycles. The molecule has 0 aliphatic rings. The fraction of sp³-hybridized carbons (Fsp3) is 0.182. The van der Waals surface area contributed by atoms with E-state index in [0.29, 0.717) is 15.8 Å². The van der Waals surface area contributed by atoms with Crippen LogP contribution in [0.2, 0.25) is 4.34 Å². The van der Waals surface area contributed by atoms with E-state index in [4.69, 9.17) is 16.3 Å². The van der Waals surface area contributed by atoms with Gasteiger partial charge in [-0.15, -0.1) is 5.10 Å². The normalized spacial score (nSPS) is 11.6. The van der Waals surface area contributed by atoms with Crippen LogP contribution in [0, 0.1) is 5.21 Å². The first-order valence-corrected chi connectivity index (χ1v) is 6.25. The number of halogens is 1. The molecule has 0 amide bonds. The van der Waals surface area contributed by atoms with E-state index in [1.807, 2.05) is 0 Å². The summed E-state index contributed by atoms with van der Waals surface area (Å²) in [6.07, 6.45) is 1.48. The van der Waals surface area contributed by atoms with Crippen LogP contribution >= 0.6 is 23.1 Å². The maximum Gasteiger partial charge on any atom is 0.181 e. The standard InChI is InChI=1S/C11H10ClN3O2S/c1-15(16)6-8-2-4-9(5-3-8)17-7-10-11(12)18-14-13-10/h2-6H,7H2,1H3/b15-6-. The van der Waals surface area contributed by atoms with Gasteiger partial charge in [0.2, 0.25) is 0 Å². The van der Waals surface area contributed by atoms with Crippen LogP contribution in [-0.4, -0.2) is 27.6 Å². The Morgan fingerprint density at radius 1 is 1.44 bits per heavy atom. The van der Waals surface area contributed by atoms with E-state index in [2.05, 4.69) is 9.59 Å². The summed E-state index contributed by atoms with van der Waals surface area (Å²) in [5, 5.41) is 14.7. The number of aromatic nitrogens is 2. The minimum Gasteiger partial charge on any atom is -0.624 e. The zero-order valence-corrected chi connectivity index (χ0v) is 11.1. The average molecular weight is 284 g/mol. The van der Waals surface area contributed by atoms with Gasteiger partial charge in [0, 0.05) is 17.1 Å². The molecule has 0 aliphatic heterocycles. The van der Waals surface area contributed by atoms with Crippen LogP contribution in [0.5, 0.6) is 5.75 Å². The molecule has 0 aliphatic carbocycles. The monoisotopic (exact) mass is 283 g/mol. The highest BCUT2D eigenvalue weighted by atomic mass is 35.5. The largest absolute Gasteiger partial charge is 0.624 e. The number of hydrogen-bond acceptors (Lipinski definition) is 5. The second kappa shape index (κ2) is 5.79. The van der Waals surface area contributed by atoms with Crippen LogP contribution in [0.25, 0.3) is 0 Å². The fourth-order valence-electron chi connectivity index (χ4n) is 1.29. The highest BCUT2D eigenvalue weighted by molar-refractivity contribution is 7.10. The van der Waals surface area contributed by atoms with Crippen LogP contribution < -0.4 is 4.74 Å². The predicted molar refractivity (Wildman–Crippen MR) is 70.4 cm³/mol. The summed E-state index contributed by atoms with van der Waals surface area (Å²) >= 11 is 6.98. The molecule has 0 spiro atoms. The van der Waals surface area contributed by atoms with E-state index in [9.17, 15) is 5.21 Å². The highest BCUT2D eigenvalue weighted by Gasteiger charge is 2.05. The van der Waals surface area contributed by atoms with Crippen molar-refractivity contribution in [2.45, 2.75) is 6.61 Å². The number of hydroxylamine groups is 1. The second-order valence-corrected chi connectivity index (χ2v) is 4.88. The molecular formula is C11H10ClN3O2S. The molecule has 1 heterocycles. The van der Waals surface area contributed by atoms with Crippen LogP contribution in [0.4, 0.5) is 0 Å². The first-order chi connectivity index (χ1) is 8.65. The molecule has 0 fully saturated rings. The van der Waals surface area contributed by atoms with Gasteiger partial charge in [-0.1, -0.05) is 16.1 Å². The summed E-state index contributed by atoms with van der Waals surface area (Å²) in [5.74, 6) is 0.685. The number of benzene rings is 1. The molecule has 18 heavy (non-hydrogen) atoms. The SMILES string of the molecule is C/[N+]([O-])=C/c1ccc(OCc2nnsc2Cl)cc1. The van der Waals surface area contributed by atoms with E-state index in [0.717, 1.165) is 21.8 Å². The third-order valence-corrected chi connectivity index (χ3v) is 3.08. The van der Waals surface area contributed by atoms with Crippen LogP contribution in [0.1, 0.15) is 11.3 Å². The van der Waals surface area contributed by atoms with E-state index in [1.165, 1.54) is 13.3 Å². The Bertz CT molecular complexity index is 550. The summed E-state index contributed by atoms with van der Waals surface area (Å²) in [5.41, 5.74) is 1.44. The zero-order chi connectivity index (χ0) is 13.0. The van der Waals surface area contributed by atoms with Gasteiger partial charge >= 0.3 is 0 Å². The molecule has 0 saturated heterocycles. The topological polar surface area (TPSA) is 61.1 Å². The molecule has 0 unspecified atom stereocenters. The van der Waals surface area contributed by atoms with Crippen molar-refractivity contribution in [2.24, 2.45) is 0 Å². The molecule has 0 N–H and O–H groups in total. The maximum atomic E-state index is 10.8. The Labute approximate surface area is 113 Å². The lowest BCUT2D eigenvalue weighted by Crippen LogP contribution is -1.99. The van der Waals surface area contributed by atoms with Gasteiger partial charge in [0.25, 0.3) is 0 Å². The van der Waals surface area contributed by atoms with Crippen molar-refractivity contribution in [3.05, 3.63) is 45.1 Å². The lowest BCUT2D eigenvalue weighted by molar-refractivity contribution is -0.416. The van der Waals surface area contributed by atoms with Crippen molar-refractivity contribution in [1.29, 1.82) is 0 Å². The van der Waals surface area contributed by atoms with Gasteiger partial charge < -0.3 is 9.94 Å². The van der Waals surface area contributed by atoms with Gasteiger partial charge in [-0.3, -0.25) is 0 Å². The minimum atomic E-state index is 0.278. The number of hydrogen-bond donors (Lipinski definition) is 0. The molecule has 0 radical (unpaired) electrons. The average Bonchev–Trinajstić information content (AvgIpc) is 2.73. The molecule has 0 bridgehead atoms. The first kappa shape index (κ1) is 12.8. The number of rotatable bonds is 4. The molecule has 2 aromatic rings. The Kier molecular flexibility index (Phi) is 4.11. The van der Waals surface area contributed by atoms with Crippen LogP contribution in [0.3, 0.4) is 0 Å². The molecule has 2 rings (SSSR count). The summed E-state index contributed by atoms with van der Waals surface area (Å²) in [7, 11) is 1.43. The summed E-state index contributed by atoms with van der Waals surface area (Å²) in [6.45, 7) is 0.278. The summed E-state index contributed by atoms with van der Waals surface area (Å²) in [6, 6.07) is 7.15. The van der Waals surface area contributed by atoms with Crippen molar-refractivity contribution in [3.63, 3.8) is 0 Å². The van der Waals surface area contributed by atoms with Crippen LogP contribution in [0.15, 0.2) is 24.3 Å². The van der Waals surface area contributed by atoms with Crippen molar-refractivity contribution in [2.75, 3.05) is 7.05 Å². The van der Waals surface area contributed by atoms with Gasteiger partial charge in [0.05, 0.1) is 0 Å². The molecule has 0 atom stereocenters. The predicted octanol–water partition coefficient (Wildman–Crippen LogP) is 2.33. The first-order valence-electron chi connectivity index (χ1n) is 5.09. The van der Waals surface area contributed by atoms with E-state index < -0.39 is 0 Å². The van der Waals surface area contributed by atoms with Gasteiger partial charge in [-0.05, 0) is 24.3 Å². The van der Waals surface area contributed by atoms with Crippen molar-refractivity contribution in [3.8, 4) is 5.75 Å². The Balaban J connectivity index is 1.99. The third kappa shape index (κ3) is 3.41.